The summed E-state index contributed by atoms with van der Waals surface area (Å²) in [5.74, 6) is 1.83. The summed E-state index contributed by atoms with van der Waals surface area (Å²) < 4.78 is 77.5. The fourth-order valence-corrected chi connectivity index (χ4v) is 15.8. The number of nitrogens with zero attached hydrogens (tertiary/aromatic N) is 9. The quantitative estimate of drug-likeness (QED) is 0.00347. The molecule has 1 aliphatic carbocycles. The number of hydrogen-bond acceptors (Lipinski definition) is 26. The monoisotopic (exact) mass is 1660 g/mol. The molecule has 1 fully saturated rings. The molecule has 44 heteroatoms. The van der Waals surface area contributed by atoms with Crippen LogP contribution in [-0.2, 0) is 66.6 Å². The molecule has 7 unspecified atom stereocenters. The molecule has 6 amide bonds. The van der Waals surface area contributed by atoms with Gasteiger partial charge in [0.05, 0.1) is 35.0 Å². The molecule has 2 aliphatic heterocycles. The molecule has 3 aliphatic rings. The molecule has 0 saturated carbocycles. The van der Waals surface area contributed by atoms with Crippen LogP contribution in [-0.4, -0.2) is 160 Å². The zero-order chi connectivity index (χ0) is 82.1. The van der Waals surface area contributed by atoms with Gasteiger partial charge in [-0.15, -0.1) is 11.3 Å². The summed E-state index contributed by atoms with van der Waals surface area (Å²) in [7, 11) is -17.2. The maximum absolute atomic E-state index is 14.3. The summed E-state index contributed by atoms with van der Waals surface area (Å²) in [6, 6.07) is 23.1. The van der Waals surface area contributed by atoms with Gasteiger partial charge in [-0.1, -0.05) is 88.8 Å². The number of thiazole rings is 1. The van der Waals surface area contributed by atoms with Crippen LogP contribution in [0.2, 0.25) is 0 Å². The van der Waals surface area contributed by atoms with Gasteiger partial charge in [-0.05, 0) is 115 Å². The highest BCUT2D eigenvalue weighted by molar-refractivity contribution is 7.66. The molecular formula is C71H76N17O23P3S. The van der Waals surface area contributed by atoms with Crippen LogP contribution in [0.5, 0.6) is 5.75 Å². The Morgan fingerprint density at radius 1 is 0.809 bits per heavy atom. The molecular weight excluding hydrogens is 1580 g/mol. The van der Waals surface area contributed by atoms with E-state index in [2.05, 4.69) is 87.2 Å². The largest absolute Gasteiger partial charge is 0.491 e. The van der Waals surface area contributed by atoms with Crippen LogP contribution >= 0.6 is 34.8 Å². The average Bonchev–Trinajstić information content (AvgIpc) is 1.73. The van der Waals surface area contributed by atoms with E-state index in [0.29, 0.717) is 57.5 Å². The molecule has 604 valence electrons. The van der Waals surface area contributed by atoms with Gasteiger partial charge in [0.15, 0.2) is 6.23 Å². The van der Waals surface area contributed by atoms with Crippen LogP contribution in [0.25, 0.3) is 63.8 Å². The number of benzene rings is 4. The standard InChI is InChI=1S/C71H76N17O23P3S/c72-64-46(38-88(71(96)84-64)61-36-55(106-42-81-86-73)56(108-61)39-107-113(100,101)111-114(102,103)110-112(97,98)99)21-15-31-76-59(90)40-105-60(85-87-74)41-104-47-22-13-19-45(33-47)66(92)77-28-11-4-12-29-79-68(94)53(37-80-65(91)43-17-5-2-1-3-6-18-43)82-58(89)27-16-32-78-67(93)49-24-8-7-23-48(49)62-50-34-44-20-14-30-75-52(44)35-54(50)109-70(95)63(62)69-83-51-25-9-10-26-57(51)115-69/h1-3,5-10,13,17-19,22-26,33-35,38,53,55-56,60-61,75H,4,11-12,14,16,20,27-32,36-37,39-42H2,(H,76,90)(H,77,92)(H,78,93)(H,79,94)(H,80,91)(H,82,89)(H,100,101)(H,102,103)(H2,72,84,96)(H2,97,98,99)/b2-1-,3-1?,5-2?,6-3-,17-5?,18-6?,43-17?,43-18?. The molecule has 4 aromatic carbocycles. The van der Waals surface area contributed by atoms with Crippen LogP contribution in [0, 0.1) is 11.8 Å². The fourth-order valence-electron chi connectivity index (χ4n) is 11.8. The Labute approximate surface area is 656 Å². The van der Waals surface area contributed by atoms with Crippen molar-refractivity contribution in [1.29, 1.82) is 0 Å². The lowest BCUT2D eigenvalue weighted by Gasteiger charge is -2.21. The number of fused-ring (bicyclic) bond motifs is 3. The molecule has 7 aromatic rings. The first-order valence-electron chi connectivity index (χ1n) is 35.3. The number of azide groups is 2. The second kappa shape index (κ2) is 41.0. The van der Waals surface area contributed by atoms with Crippen LogP contribution in [0.3, 0.4) is 0 Å². The Balaban J connectivity index is 0.660. The molecule has 3 aromatic heterocycles. The van der Waals surface area contributed by atoms with Crippen molar-refractivity contribution in [3.8, 4) is 39.3 Å². The van der Waals surface area contributed by atoms with E-state index in [-0.39, 0.29) is 85.8 Å². The van der Waals surface area contributed by atoms with Crippen LogP contribution < -0.4 is 59.0 Å². The first-order valence-corrected chi connectivity index (χ1v) is 40.6. The van der Waals surface area contributed by atoms with Crippen molar-refractivity contribution in [2.24, 2.45) is 10.2 Å². The summed E-state index contributed by atoms with van der Waals surface area (Å²) in [6.45, 7) is -2.04. The van der Waals surface area contributed by atoms with Crippen molar-refractivity contribution in [3.05, 3.63) is 203 Å². The molecule has 0 radical (unpaired) electrons. The molecule has 7 atom stereocenters. The van der Waals surface area contributed by atoms with Gasteiger partial charge in [0.25, 0.3) is 17.7 Å². The summed E-state index contributed by atoms with van der Waals surface area (Å²) in [6.07, 6.45) is 10.7. The number of unbranched alkanes of at least 4 members (excludes halogenated alkanes) is 2. The second-order valence-electron chi connectivity index (χ2n) is 25.2. The third kappa shape index (κ3) is 25.3. The summed E-state index contributed by atoms with van der Waals surface area (Å²) in [5, 5.41) is 27.7. The lowest BCUT2D eigenvalue weighted by atomic mass is 9.91. The molecule has 5 heterocycles. The van der Waals surface area contributed by atoms with E-state index >= 15 is 0 Å². The number of carbonyl (C=O) groups excluding carboxylic acids is 6. The predicted molar refractivity (Wildman–Crippen MR) is 415 cm³/mol. The van der Waals surface area contributed by atoms with Crippen molar-refractivity contribution < 1.29 is 98.5 Å². The maximum Gasteiger partial charge on any atom is 0.490 e. The van der Waals surface area contributed by atoms with E-state index in [1.54, 1.807) is 72.9 Å². The normalized spacial score (nSPS) is 17.0. The van der Waals surface area contributed by atoms with Crippen molar-refractivity contribution in [2.75, 3.05) is 76.9 Å². The number of aryl methyl sites for hydroxylation is 1. The first-order chi connectivity index (χ1) is 55.2. The topological polar surface area (TPSA) is 585 Å². The number of aromatic nitrogens is 3. The molecule has 0 bridgehead atoms. The van der Waals surface area contributed by atoms with E-state index in [4.69, 9.17) is 49.4 Å². The average molecular weight is 1660 g/mol. The zero-order valence-electron chi connectivity index (χ0n) is 60.7. The third-order valence-corrected chi connectivity index (χ3v) is 21.9. The number of allylic oxidation sites excluding steroid dienone is 6. The van der Waals surface area contributed by atoms with Gasteiger partial charge in [-0.3, -0.25) is 37.9 Å². The van der Waals surface area contributed by atoms with Crippen molar-refractivity contribution in [1.82, 2.24) is 46.4 Å². The third-order valence-electron chi connectivity index (χ3n) is 17.1. The number of amides is 6. The van der Waals surface area contributed by atoms with Crippen LogP contribution in [0.4, 0.5) is 11.5 Å². The molecule has 115 heavy (non-hydrogen) atoms. The Kier molecular flexibility index (Phi) is 30.6. The molecule has 40 nitrogen and oxygen atoms in total. The van der Waals surface area contributed by atoms with Gasteiger partial charge < -0.3 is 85.9 Å². The van der Waals surface area contributed by atoms with E-state index in [1.165, 1.54) is 29.5 Å². The second-order valence-corrected chi connectivity index (χ2v) is 30.6. The number of rotatable bonds is 38. The smallest absolute Gasteiger partial charge is 0.490 e. The van der Waals surface area contributed by atoms with Crippen LogP contribution in [0.15, 0.2) is 163 Å². The lowest BCUT2D eigenvalue weighted by molar-refractivity contribution is -0.129. The van der Waals surface area contributed by atoms with Crippen LogP contribution in [0.1, 0.15) is 83.0 Å². The number of anilines is 2. The van der Waals surface area contributed by atoms with Crippen molar-refractivity contribution >= 4 is 103 Å². The summed E-state index contributed by atoms with van der Waals surface area (Å²) in [5.41, 5.74) is 27.2. The number of phosphoric acid groups is 3. The summed E-state index contributed by atoms with van der Waals surface area (Å²) >= 11 is 1.34. The minimum atomic E-state index is -5.88. The Bertz CT molecular complexity index is 5360. The van der Waals surface area contributed by atoms with E-state index < -0.39 is 127 Å². The molecule has 10 rings (SSSR count). The predicted octanol–water partition coefficient (Wildman–Crippen LogP) is 7.15. The molecule has 13 N–H and O–H groups in total. The number of hydrogen-bond donors (Lipinski definition) is 12. The van der Waals surface area contributed by atoms with Gasteiger partial charge in [-0.25, -0.2) is 28.3 Å². The fraction of sp³-hybridized carbons (Fsp3) is 0.324. The maximum atomic E-state index is 14.3. The Morgan fingerprint density at radius 3 is 2.37 bits per heavy atom. The highest BCUT2D eigenvalue weighted by Gasteiger charge is 2.44. The SMILES string of the molecule is [N-]=[N+]=NCOC1CC(n2cc(C#CCNC(=O)COC(COc3cccc(C(=O)NCCCCCNC(=O)C(CNC(=O)C4=C/C=C\C=C/C=C4)NC(=O)CCCNC(=O)c4ccccc4-c4c(-c5nc6ccccc6s5)c(=O)oc5cc6c(cc45)CCCN6)c3)N=[N+]=[N-])c(N)nc2=O)OC1COP(=O)(O)OP(=O)(O)OP(=O)(O)O. The number of para-hydroxylation sites is 1. The number of phosphoric ester groups is 1. The van der Waals surface area contributed by atoms with Crippen molar-refractivity contribution in [3.63, 3.8) is 0 Å². The van der Waals surface area contributed by atoms with Crippen molar-refractivity contribution in [2.45, 2.75) is 82.1 Å². The van der Waals surface area contributed by atoms with Gasteiger partial charge in [0, 0.05) is 101 Å². The summed E-state index contributed by atoms with van der Waals surface area (Å²) in [4.78, 5) is 159. The minimum Gasteiger partial charge on any atom is -0.491 e. The van der Waals surface area contributed by atoms with Gasteiger partial charge in [0.1, 0.15) is 66.0 Å². The lowest BCUT2D eigenvalue weighted by Crippen LogP contribution is -2.53. The van der Waals surface area contributed by atoms with E-state index in [0.717, 1.165) is 46.1 Å². The van der Waals surface area contributed by atoms with E-state index in [1.807, 2.05) is 36.4 Å². The number of nitrogens with two attached hydrogens (primary N) is 1. The van der Waals surface area contributed by atoms with Gasteiger partial charge in [-0.2, -0.15) is 13.6 Å². The zero-order valence-corrected chi connectivity index (χ0v) is 64.2. The number of nitrogens with one attached hydrogen (secondary N) is 7. The highest BCUT2D eigenvalue weighted by atomic mass is 32.1. The first kappa shape index (κ1) is 85.9. The molecule has 1 saturated heterocycles. The number of carbonyl (C=O) groups is 6. The molecule has 0 spiro atoms. The number of nitrogen functional groups attached to an aromatic ring is 1. The van der Waals surface area contributed by atoms with Gasteiger partial charge in [0.2, 0.25) is 17.7 Å². The minimum absolute atomic E-state index is 0.0505. The Morgan fingerprint density at radius 2 is 1.57 bits per heavy atom. The highest BCUT2D eigenvalue weighted by Crippen LogP contribution is 2.66. The van der Waals surface area contributed by atoms with Gasteiger partial charge >= 0.3 is 34.8 Å². The van der Waals surface area contributed by atoms with E-state index in [9.17, 15) is 67.4 Å². The Hall–Kier alpha value is -11.5. The number of ether oxygens (including phenoxy) is 4.